The minimum atomic E-state index is -1.55. The van der Waals surface area contributed by atoms with Gasteiger partial charge < -0.3 is 9.47 Å². The van der Waals surface area contributed by atoms with Crippen molar-refractivity contribution in [1.29, 1.82) is 0 Å². The molecular formula is C12H12FNO6. The number of hydrogen-bond donors (Lipinski definition) is 0. The van der Waals surface area contributed by atoms with Gasteiger partial charge in [-0.05, 0) is 24.6 Å². The van der Waals surface area contributed by atoms with Crippen molar-refractivity contribution >= 4 is 5.97 Å². The van der Waals surface area contributed by atoms with Crippen molar-refractivity contribution in [2.75, 3.05) is 13.2 Å². The predicted octanol–water partition coefficient (Wildman–Crippen LogP) is 1.46. The summed E-state index contributed by atoms with van der Waals surface area (Å²) in [6, 6.07) is 4.74. The molecule has 0 radical (unpaired) electrons. The average Bonchev–Trinajstić information content (AvgIpc) is 2.44. The second kappa shape index (κ2) is 5.32. The highest BCUT2D eigenvalue weighted by molar-refractivity contribution is 5.79. The van der Waals surface area contributed by atoms with Gasteiger partial charge in [0.25, 0.3) is 0 Å². The van der Waals surface area contributed by atoms with Crippen molar-refractivity contribution in [3.63, 3.8) is 0 Å². The Morgan fingerprint density at radius 2 is 2.30 bits per heavy atom. The van der Waals surface area contributed by atoms with Gasteiger partial charge >= 0.3 is 5.97 Å². The normalized spacial score (nSPS) is 20.3. The molecular weight excluding hydrogens is 273 g/mol. The lowest BCUT2D eigenvalue weighted by molar-refractivity contribution is -0.479. The van der Waals surface area contributed by atoms with Crippen molar-refractivity contribution in [3.8, 4) is 11.5 Å². The van der Waals surface area contributed by atoms with E-state index in [0.717, 1.165) is 0 Å². The van der Waals surface area contributed by atoms with Crippen LogP contribution in [-0.4, -0.2) is 29.6 Å². The Labute approximate surface area is 113 Å². The number of nitrogens with zero attached hydrogens (tertiary/aromatic N) is 1. The van der Waals surface area contributed by atoms with Crippen molar-refractivity contribution in [2.45, 2.75) is 18.9 Å². The van der Waals surface area contributed by atoms with Gasteiger partial charge in [-0.1, -0.05) is 6.07 Å². The van der Waals surface area contributed by atoms with E-state index in [0.29, 0.717) is 11.3 Å². The number of nitro groups is 1. The largest absolute Gasteiger partial charge is 0.485 e. The molecule has 0 saturated heterocycles. The maximum Gasteiger partial charge on any atom is 0.395 e. The fraction of sp³-hybridized carbons (Fsp3) is 0.417. The number of fused-ring (bicyclic) bond motifs is 1. The predicted molar refractivity (Wildman–Crippen MR) is 63.7 cm³/mol. The summed E-state index contributed by atoms with van der Waals surface area (Å²) in [7, 11) is 0. The highest BCUT2D eigenvalue weighted by atomic mass is 19.3. The molecule has 0 fully saturated rings. The van der Waals surface area contributed by atoms with Gasteiger partial charge in [0.1, 0.15) is 6.61 Å². The van der Waals surface area contributed by atoms with Gasteiger partial charge in [0, 0.05) is 15.9 Å². The summed E-state index contributed by atoms with van der Waals surface area (Å²) in [5.74, 6) is -0.565. The summed E-state index contributed by atoms with van der Waals surface area (Å²) in [4.78, 5) is 24.3. The first kappa shape index (κ1) is 14.0. The Morgan fingerprint density at radius 1 is 1.55 bits per heavy atom. The molecule has 0 spiro atoms. The first-order chi connectivity index (χ1) is 9.44. The molecule has 1 aliphatic heterocycles. The molecule has 1 aliphatic rings. The molecule has 0 aromatic heterocycles. The van der Waals surface area contributed by atoms with E-state index in [1.54, 1.807) is 12.1 Å². The van der Waals surface area contributed by atoms with Crippen LogP contribution in [0.2, 0.25) is 0 Å². The van der Waals surface area contributed by atoms with Crippen LogP contribution in [0.15, 0.2) is 18.2 Å². The number of rotatable bonds is 4. The first-order valence-corrected chi connectivity index (χ1v) is 5.84. The van der Waals surface area contributed by atoms with E-state index in [1.807, 2.05) is 0 Å². The van der Waals surface area contributed by atoms with E-state index in [1.165, 1.54) is 13.0 Å². The van der Waals surface area contributed by atoms with Crippen molar-refractivity contribution in [1.82, 2.24) is 0 Å². The molecule has 0 bridgehead atoms. The summed E-state index contributed by atoms with van der Waals surface area (Å²) in [6.07, 6.45) is 0.257. The number of halogens is 1. The third kappa shape index (κ3) is 2.79. The summed E-state index contributed by atoms with van der Waals surface area (Å²) >= 11 is 0. The second-order valence-corrected chi connectivity index (χ2v) is 4.57. The van der Waals surface area contributed by atoms with Gasteiger partial charge in [-0.2, -0.15) is 0 Å². The lowest BCUT2D eigenvalue weighted by Crippen LogP contribution is -2.49. The third-order valence-corrected chi connectivity index (χ3v) is 2.93. The van der Waals surface area contributed by atoms with Crippen molar-refractivity contribution in [2.24, 2.45) is 0 Å². The minimum Gasteiger partial charge on any atom is -0.485 e. The summed E-state index contributed by atoms with van der Waals surface area (Å²) < 4.78 is 22.7. The lowest BCUT2D eigenvalue weighted by atomic mass is 10.1. The molecule has 1 heterocycles. The van der Waals surface area contributed by atoms with Crippen LogP contribution in [0.4, 0.5) is 4.53 Å². The zero-order valence-electron chi connectivity index (χ0n) is 10.6. The Bertz CT molecular complexity index is 549. The fourth-order valence-corrected chi connectivity index (χ4v) is 1.80. The first-order valence-electron chi connectivity index (χ1n) is 5.84. The quantitative estimate of drug-likeness (QED) is 0.614. The molecule has 1 unspecified atom stereocenters. The van der Waals surface area contributed by atoms with Crippen LogP contribution >= 0.6 is 0 Å². The lowest BCUT2D eigenvalue weighted by Gasteiger charge is -2.32. The summed E-state index contributed by atoms with van der Waals surface area (Å²) in [6.45, 7) is 0.950. The minimum absolute atomic E-state index is 0.189. The van der Waals surface area contributed by atoms with Crippen LogP contribution < -0.4 is 9.47 Å². The van der Waals surface area contributed by atoms with Gasteiger partial charge in [-0.25, -0.2) is 4.79 Å². The molecule has 1 atom stereocenters. The molecule has 20 heavy (non-hydrogen) atoms. The van der Waals surface area contributed by atoms with Crippen LogP contribution in [0.5, 0.6) is 11.5 Å². The monoisotopic (exact) mass is 285 g/mol. The van der Waals surface area contributed by atoms with Crippen LogP contribution in [0.3, 0.4) is 0 Å². The highest BCUT2D eigenvalue weighted by Crippen LogP contribution is 2.36. The van der Waals surface area contributed by atoms with E-state index >= 15 is 0 Å². The molecule has 7 nitrogen and oxygen atoms in total. The molecule has 0 N–H and O–H groups in total. The van der Waals surface area contributed by atoms with Crippen LogP contribution in [0, 0.1) is 10.1 Å². The third-order valence-electron chi connectivity index (χ3n) is 2.93. The Hall–Kier alpha value is -2.38. The van der Waals surface area contributed by atoms with Gasteiger partial charge in [0.2, 0.25) is 12.1 Å². The van der Waals surface area contributed by atoms with Crippen LogP contribution in [0.1, 0.15) is 12.5 Å². The maximum atomic E-state index is 12.0. The molecule has 1 aromatic carbocycles. The number of benzene rings is 1. The zero-order valence-corrected chi connectivity index (χ0v) is 10.6. The van der Waals surface area contributed by atoms with Gasteiger partial charge in [0.15, 0.2) is 11.5 Å². The topological polar surface area (TPSA) is 87.9 Å². The van der Waals surface area contributed by atoms with E-state index in [2.05, 4.69) is 4.94 Å². The molecule has 8 heteroatoms. The molecule has 1 aromatic rings. The maximum absolute atomic E-state index is 12.0. The SMILES string of the molecule is CC1(C(=O)OF)COc2cc(CC[N+](=O)[O-])ccc2O1. The molecule has 0 aliphatic carbocycles. The molecule has 108 valence electrons. The van der Waals surface area contributed by atoms with Crippen LogP contribution in [-0.2, 0) is 16.2 Å². The smallest absolute Gasteiger partial charge is 0.395 e. The zero-order chi connectivity index (χ0) is 14.8. The van der Waals surface area contributed by atoms with Gasteiger partial charge in [-0.3, -0.25) is 15.1 Å². The van der Waals surface area contributed by atoms with E-state index < -0.39 is 16.5 Å². The Balaban J connectivity index is 2.15. The fourth-order valence-electron chi connectivity index (χ4n) is 1.80. The molecule has 2 rings (SSSR count). The number of hydrogen-bond acceptors (Lipinski definition) is 6. The average molecular weight is 285 g/mol. The number of carbonyl (C=O) groups is 1. The van der Waals surface area contributed by atoms with Gasteiger partial charge in [0.05, 0.1) is 0 Å². The van der Waals surface area contributed by atoms with E-state index in [4.69, 9.17) is 9.47 Å². The number of ether oxygens (including phenoxy) is 2. The summed E-state index contributed by atoms with van der Waals surface area (Å²) in [5.41, 5.74) is -0.842. The van der Waals surface area contributed by atoms with Crippen molar-refractivity contribution < 1.29 is 28.7 Å². The highest BCUT2D eigenvalue weighted by Gasteiger charge is 2.43. The van der Waals surface area contributed by atoms with Crippen LogP contribution in [0.25, 0.3) is 0 Å². The molecule has 0 saturated carbocycles. The molecule has 0 amide bonds. The summed E-state index contributed by atoms with van der Waals surface area (Å²) in [5, 5.41) is 10.3. The number of carbonyl (C=O) groups excluding carboxylic acids is 1. The second-order valence-electron chi connectivity index (χ2n) is 4.57. The Kier molecular flexibility index (Phi) is 3.73. The standard InChI is InChI=1S/C12H12FNO6/c1-12(11(15)20-13)7-18-10-6-8(4-5-14(16)17)2-3-9(10)19-12/h2-3,6H,4-5,7H2,1H3. The van der Waals surface area contributed by atoms with Crippen molar-refractivity contribution in [3.05, 3.63) is 33.9 Å². The van der Waals surface area contributed by atoms with Gasteiger partial charge in [-0.15, -0.1) is 0 Å². The van der Waals surface area contributed by atoms with E-state index in [-0.39, 0.29) is 25.3 Å². The van der Waals surface area contributed by atoms with E-state index in [9.17, 15) is 19.4 Å². The Morgan fingerprint density at radius 3 is 2.95 bits per heavy atom.